The molecule has 1 aromatic carbocycles. The molecule has 1 atom stereocenters. The summed E-state index contributed by atoms with van der Waals surface area (Å²) in [5, 5.41) is 3.84. The predicted octanol–water partition coefficient (Wildman–Crippen LogP) is 4.64. The Morgan fingerprint density at radius 3 is 2.71 bits per heavy atom. The number of carbonyl (C=O) groups excluding carboxylic acids is 1. The topological polar surface area (TPSA) is 38.3 Å². The lowest BCUT2D eigenvalue weighted by Crippen LogP contribution is -2.39. The van der Waals surface area contributed by atoms with Gasteiger partial charge < -0.3 is 10.1 Å². The molecule has 1 aliphatic carbocycles. The fourth-order valence-corrected chi connectivity index (χ4v) is 4.37. The van der Waals surface area contributed by atoms with E-state index in [4.69, 9.17) is 4.74 Å². The van der Waals surface area contributed by atoms with Gasteiger partial charge in [0.25, 0.3) is 5.91 Å². The second-order valence-corrected chi connectivity index (χ2v) is 8.11. The van der Waals surface area contributed by atoms with Gasteiger partial charge in [-0.1, -0.05) is 43.9 Å². The van der Waals surface area contributed by atoms with E-state index in [1.54, 1.807) is 0 Å². The summed E-state index contributed by atoms with van der Waals surface area (Å²) in [5.41, 5.74) is 2.28. The van der Waals surface area contributed by atoms with Gasteiger partial charge in [0.1, 0.15) is 5.75 Å². The molecule has 3 nitrogen and oxygen atoms in total. The van der Waals surface area contributed by atoms with Gasteiger partial charge in [0.15, 0.2) is 6.10 Å². The Morgan fingerprint density at radius 1 is 1.29 bits per heavy atom. The van der Waals surface area contributed by atoms with Gasteiger partial charge in [-0.2, -0.15) is 11.8 Å². The number of amides is 1. The van der Waals surface area contributed by atoms with Crippen molar-refractivity contribution in [3.05, 3.63) is 29.3 Å². The van der Waals surface area contributed by atoms with Crippen LogP contribution in [0.2, 0.25) is 0 Å². The van der Waals surface area contributed by atoms with Crippen LogP contribution in [0.15, 0.2) is 18.2 Å². The molecule has 0 bridgehead atoms. The van der Waals surface area contributed by atoms with E-state index in [0.717, 1.165) is 28.9 Å². The predicted molar refractivity (Wildman–Crippen MR) is 103 cm³/mol. The normalized spacial score (nSPS) is 16.6. The Kier molecular flexibility index (Phi) is 7.97. The summed E-state index contributed by atoms with van der Waals surface area (Å²) >= 11 is 2.01. The molecule has 0 saturated heterocycles. The zero-order chi connectivity index (χ0) is 17.4. The number of benzene rings is 1. The quantitative estimate of drug-likeness (QED) is 0.695. The summed E-state index contributed by atoms with van der Waals surface area (Å²) in [7, 11) is 0. The molecule has 1 unspecified atom stereocenters. The molecule has 1 amide bonds. The molecule has 4 heteroatoms. The SMILES string of the molecule is CCC(Oc1ccc(C)cc1C)C(=O)NCCSC1CCCCC1. The van der Waals surface area contributed by atoms with Crippen molar-refractivity contribution in [2.24, 2.45) is 0 Å². The van der Waals surface area contributed by atoms with Crippen LogP contribution in [-0.4, -0.2) is 29.6 Å². The number of ether oxygens (including phenoxy) is 1. The Hall–Kier alpha value is -1.16. The average Bonchev–Trinajstić information content (AvgIpc) is 2.59. The van der Waals surface area contributed by atoms with Gasteiger partial charge in [-0.3, -0.25) is 4.79 Å². The smallest absolute Gasteiger partial charge is 0.261 e. The van der Waals surface area contributed by atoms with Crippen molar-refractivity contribution in [2.75, 3.05) is 12.3 Å². The Balaban J connectivity index is 1.74. The van der Waals surface area contributed by atoms with Gasteiger partial charge in [-0.05, 0) is 44.7 Å². The van der Waals surface area contributed by atoms with E-state index < -0.39 is 6.10 Å². The van der Waals surface area contributed by atoms with Crippen LogP contribution in [0.25, 0.3) is 0 Å². The number of hydrogen-bond donors (Lipinski definition) is 1. The molecule has 134 valence electrons. The summed E-state index contributed by atoms with van der Waals surface area (Å²) in [5.74, 6) is 1.80. The second-order valence-electron chi connectivity index (χ2n) is 6.71. The van der Waals surface area contributed by atoms with Crippen molar-refractivity contribution >= 4 is 17.7 Å². The molecule has 0 aliphatic heterocycles. The van der Waals surface area contributed by atoms with Crippen LogP contribution in [0.5, 0.6) is 5.75 Å². The summed E-state index contributed by atoms with van der Waals surface area (Å²) < 4.78 is 5.94. The first-order valence-electron chi connectivity index (χ1n) is 9.23. The van der Waals surface area contributed by atoms with Gasteiger partial charge in [0, 0.05) is 17.5 Å². The molecular formula is C20H31NO2S. The summed E-state index contributed by atoms with van der Waals surface area (Å²) in [6, 6.07) is 6.06. The highest BCUT2D eigenvalue weighted by Crippen LogP contribution is 2.27. The first-order valence-corrected chi connectivity index (χ1v) is 10.3. The third-order valence-electron chi connectivity index (χ3n) is 4.57. The highest BCUT2D eigenvalue weighted by atomic mass is 32.2. The van der Waals surface area contributed by atoms with Crippen molar-refractivity contribution in [2.45, 2.75) is 70.7 Å². The zero-order valence-corrected chi connectivity index (χ0v) is 16.1. The van der Waals surface area contributed by atoms with Crippen molar-refractivity contribution in [1.29, 1.82) is 0 Å². The van der Waals surface area contributed by atoms with E-state index >= 15 is 0 Å². The third kappa shape index (κ3) is 6.04. The Morgan fingerprint density at radius 2 is 2.04 bits per heavy atom. The minimum Gasteiger partial charge on any atom is -0.480 e. The lowest BCUT2D eigenvalue weighted by molar-refractivity contribution is -0.128. The van der Waals surface area contributed by atoms with E-state index in [1.165, 1.54) is 37.7 Å². The fourth-order valence-electron chi connectivity index (χ4n) is 3.15. The lowest BCUT2D eigenvalue weighted by atomic mass is 10.0. The molecule has 0 spiro atoms. The first-order chi connectivity index (χ1) is 11.6. The van der Waals surface area contributed by atoms with E-state index in [2.05, 4.69) is 18.3 Å². The molecule has 1 saturated carbocycles. The monoisotopic (exact) mass is 349 g/mol. The molecule has 24 heavy (non-hydrogen) atoms. The van der Waals surface area contributed by atoms with Gasteiger partial charge in [-0.15, -0.1) is 0 Å². The number of nitrogens with one attached hydrogen (secondary N) is 1. The second kappa shape index (κ2) is 9.97. The minimum absolute atomic E-state index is 0.00159. The van der Waals surface area contributed by atoms with Crippen LogP contribution in [0, 0.1) is 13.8 Å². The molecular weight excluding hydrogens is 318 g/mol. The standard InChI is InChI=1S/C20H31NO2S/c1-4-18(23-19-11-10-15(2)14-16(19)3)20(22)21-12-13-24-17-8-6-5-7-9-17/h10-11,14,17-18H,4-9,12-13H2,1-3H3,(H,21,22). The number of rotatable bonds is 8. The van der Waals surface area contributed by atoms with Crippen LogP contribution >= 0.6 is 11.8 Å². The molecule has 2 rings (SSSR count). The summed E-state index contributed by atoms with van der Waals surface area (Å²) in [4.78, 5) is 12.4. The first kappa shape index (κ1) is 19.2. The summed E-state index contributed by atoms with van der Waals surface area (Å²) in [6.07, 6.45) is 7.07. The van der Waals surface area contributed by atoms with Gasteiger partial charge >= 0.3 is 0 Å². The van der Waals surface area contributed by atoms with Crippen molar-refractivity contribution in [3.63, 3.8) is 0 Å². The molecule has 0 aromatic heterocycles. The van der Waals surface area contributed by atoms with Gasteiger partial charge in [0.05, 0.1) is 0 Å². The lowest BCUT2D eigenvalue weighted by Gasteiger charge is -2.21. The average molecular weight is 350 g/mol. The fraction of sp³-hybridized carbons (Fsp3) is 0.650. The van der Waals surface area contributed by atoms with Crippen molar-refractivity contribution in [1.82, 2.24) is 5.32 Å². The Bertz CT molecular complexity index is 526. The molecule has 0 radical (unpaired) electrons. The molecule has 1 fully saturated rings. The maximum atomic E-state index is 12.4. The van der Waals surface area contributed by atoms with Crippen LogP contribution in [0.3, 0.4) is 0 Å². The zero-order valence-electron chi connectivity index (χ0n) is 15.3. The largest absolute Gasteiger partial charge is 0.480 e. The van der Waals surface area contributed by atoms with E-state index in [1.807, 2.05) is 37.7 Å². The van der Waals surface area contributed by atoms with Gasteiger partial charge in [-0.25, -0.2) is 0 Å². The van der Waals surface area contributed by atoms with Crippen LogP contribution < -0.4 is 10.1 Å². The van der Waals surface area contributed by atoms with Crippen LogP contribution in [0.4, 0.5) is 0 Å². The number of carbonyl (C=O) groups is 1. The highest BCUT2D eigenvalue weighted by Gasteiger charge is 2.19. The summed E-state index contributed by atoms with van der Waals surface area (Å²) in [6.45, 7) is 6.80. The minimum atomic E-state index is -0.411. The van der Waals surface area contributed by atoms with Crippen LogP contribution in [0.1, 0.15) is 56.6 Å². The van der Waals surface area contributed by atoms with E-state index in [9.17, 15) is 4.79 Å². The van der Waals surface area contributed by atoms with Crippen molar-refractivity contribution < 1.29 is 9.53 Å². The van der Waals surface area contributed by atoms with Crippen LogP contribution in [-0.2, 0) is 4.79 Å². The molecule has 1 aromatic rings. The van der Waals surface area contributed by atoms with E-state index in [0.29, 0.717) is 6.42 Å². The molecule has 1 N–H and O–H groups in total. The number of thioether (sulfide) groups is 1. The maximum absolute atomic E-state index is 12.4. The highest BCUT2D eigenvalue weighted by molar-refractivity contribution is 7.99. The van der Waals surface area contributed by atoms with Crippen molar-refractivity contribution in [3.8, 4) is 5.75 Å². The maximum Gasteiger partial charge on any atom is 0.261 e. The van der Waals surface area contributed by atoms with E-state index in [-0.39, 0.29) is 5.91 Å². The molecule has 0 heterocycles. The third-order valence-corrected chi connectivity index (χ3v) is 5.95. The Labute approximate surface area is 150 Å². The van der Waals surface area contributed by atoms with Gasteiger partial charge in [0.2, 0.25) is 0 Å². The number of aryl methyl sites for hydroxylation is 2. The number of hydrogen-bond acceptors (Lipinski definition) is 3. The molecule has 1 aliphatic rings.